The van der Waals surface area contributed by atoms with Crippen molar-refractivity contribution in [2.24, 2.45) is 16.5 Å². The zero-order chi connectivity index (χ0) is 7.11. The molecule has 0 aromatic rings. The molecule has 0 spiro atoms. The molecule has 0 aliphatic carbocycles. The highest BCUT2D eigenvalue weighted by atomic mass is 14.8. The number of nitrogens with two attached hydrogens (primary N) is 2. The molecule has 0 atom stereocenters. The van der Waals surface area contributed by atoms with Crippen LogP contribution in [0.2, 0.25) is 0 Å². The minimum absolute atomic E-state index is 0.388. The minimum Gasteiger partial charge on any atom is -0.388 e. The lowest BCUT2D eigenvalue weighted by molar-refractivity contribution is 1.24. The van der Waals surface area contributed by atoms with Crippen molar-refractivity contribution >= 4 is 5.84 Å². The summed E-state index contributed by atoms with van der Waals surface area (Å²) in [6, 6.07) is 0. The number of aliphatic imine (C=N–C) groups is 1. The van der Waals surface area contributed by atoms with Gasteiger partial charge in [0.2, 0.25) is 0 Å². The van der Waals surface area contributed by atoms with Gasteiger partial charge in [-0.2, -0.15) is 0 Å². The third kappa shape index (κ3) is 6.99. The van der Waals surface area contributed by atoms with E-state index in [-0.39, 0.29) is 0 Å². The van der Waals surface area contributed by atoms with Crippen molar-refractivity contribution in [3.05, 3.63) is 0 Å². The van der Waals surface area contributed by atoms with E-state index in [0.717, 1.165) is 0 Å². The summed E-state index contributed by atoms with van der Waals surface area (Å²) in [6.07, 6.45) is 0. The first-order valence-corrected chi connectivity index (χ1v) is 2.69. The maximum atomic E-state index is 5.23. The quantitative estimate of drug-likeness (QED) is 0.277. The van der Waals surface area contributed by atoms with E-state index < -0.39 is 0 Å². The number of hydrogen-bond donors (Lipinski definition) is 2. The largest absolute Gasteiger partial charge is 0.388 e. The van der Waals surface area contributed by atoms with Gasteiger partial charge < -0.3 is 11.5 Å². The smallest absolute Gasteiger partial charge is 0.102 e. The highest BCUT2D eigenvalue weighted by Crippen LogP contribution is 1.66. The minimum atomic E-state index is 0.388. The molecule has 0 aliphatic rings. The van der Waals surface area contributed by atoms with Crippen LogP contribution in [0.15, 0.2) is 4.99 Å². The molecule has 0 aromatic heterocycles. The maximum absolute atomic E-state index is 5.23. The van der Waals surface area contributed by atoms with Gasteiger partial charge in [0.15, 0.2) is 0 Å². The van der Waals surface area contributed by atoms with Gasteiger partial charge in [-0.05, 0) is 6.92 Å². The van der Waals surface area contributed by atoms with E-state index in [4.69, 9.17) is 11.5 Å². The summed E-state index contributed by atoms with van der Waals surface area (Å²) in [6.45, 7) is 2.57. The molecule has 50 valence electrons. The van der Waals surface area contributed by atoms with E-state index in [1.807, 2.05) is 0 Å². The van der Waals surface area contributed by atoms with Crippen LogP contribution in [0, 0.1) is 11.8 Å². The van der Waals surface area contributed by atoms with Crippen molar-refractivity contribution in [2.75, 3.05) is 13.1 Å². The van der Waals surface area contributed by atoms with Crippen molar-refractivity contribution in [1.29, 1.82) is 0 Å². The third-order valence-corrected chi connectivity index (χ3v) is 0.635. The van der Waals surface area contributed by atoms with Gasteiger partial charge in [0, 0.05) is 0 Å². The fourth-order valence-corrected chi connectivity index (χ4v) is 0.292. The molecule has 0 bridgehead atoms. The highest BCUT2D eigenvalue weighted by molar-refractivity contribution is 5.77. The lowest BCUT2D eigenvalue weighted by atomic mass is 10.5. The first kappa shape index (κ1) is 7.99. The fourth-order valence-electron chi connectivity index (χ4n) is 0.292. The van der Waals surface area contributed by atoms with Gasteiger partial charge in [-0.15, -0.1) is 0 Å². The molecule has 4 N–H and O–H groups in total. The molecule has 0 radical (unpaired) electrons. The van der Waals surface area contributed by atoms with Crippen LogP contribution in [-0.2, 0) is 0 Å². The average molecular weight is 125 g/mol. The summed E-state index contributed by atoms with van der Waals surface area (Å²) < 4.78 is 0. The molecular weight excluding hydrogens is 114 g/mol. The summed E-state index contributed by atoms with van der Waals surface area (Å²) in [5.41, 5.74) is 10.3. The Morgan fingerprint density at radius 3 is 2.67 bits per heavy atom. The van der Waals surface area contributed by atoms with Gasteiger partial charge in [0.05, 0.1) is 12.4 Å². The monoisotopic (exact) mass is 125 g/mol. The van der Waals surface area contributed by atoms with E-state index in [2.05, 4.69) is 16.8 Å². The molecule has 0 aromatic carbocycles. The second-order valence-corrected chi connectivity index (χ2v) is 1.52. The molecule has 0 heterocycles. The maximum Gasteiger partial charge on any atom is 0.102 e. The van der Waals surface area contributed by atoms with Crippen LogP contribution in [0.3, 0.4) is 0 Å². The van der Waals surface area contributed by atoms with Crippen LogP contribution in [0.1, 0.15) is 6.92 Å². The van der Waals surface area contributed by atoms with Crippen LogP contribution in [0.25, 0.3) is 0 Å². The molecule has 3 heteroatoms. The van der Waals surface area contributed by atoms with Crippen molar-refractivity contribution in [3.63, 3.8) is 0 Å². The van der Waals surface area contributed by atoms with Crippen LogP contribution in [0.5, 0.6) is 0 Å². The lowest BCUT2D eigenvalue weighted by Gasteiger charge is -1.83. The van der Waals surface area contributed by atoms with E-state index in [1.54, 1.807) is 6.92 Å². The molecule has 0 saturated heterocycles. The van der Waals surface area contributed by atoms with Gasteiger partial charge in [-0.1, -0.05) is 11.8 Å². The molecular formula is C6H11N3. The normalized spacial score (nSPS) is 10.2. The molecule has 0 saturated carbocycles. The molecule has 0 unspecified atom stereocenters. The van der Waals surface area contributed by atoms with Crippen LogP contribution >= 0.6 is 0 Å². The third-order valence-electron chi connectivity index (χ3n) is 0.635. The van der Waals surface area contributed by atoms with E-state index in [1.165, 1.54) is 0 Å². The lowest BCUT2D eigenvalue weighted by Crippen LogP contribution is -2.05. The summed E-state index contributed by atoms with van der Waals surface area (Å²) in [5, 5.41) is 0. The Labute approximate surface area is 55.1 Å². The number of nitrogens with zero attached hydrogens (tertiary/aromatic N) is 1. The molecule has 3 nitrogen and oxygen atoms in total. The summed E-state index contributed by atoms with van der Waals surface area (Å²) in [4.78, 5) is 3.83. The van der Waals surface area contributed by atoms with E-state index in [9.17, 15) is 0 Å². The second kappa shape index (κ2) is 5.13. The van der Waals surface area contributed by atoms with E-state index >= 15 is 0 Å². The van der Waals surface area contributed by atoms with Crippen molar-refractivity contribution in [3.8, 4) is 11.8 Å². The Morgan fingerprint density at radius 2 is 2.22 bits per heavy atom. The summed E-state index contributed by atoms with van der Waals surface area (Å²) >= 11 is 0. The summed E-state index contributed by atoms with van der Waals surface area (Å²) in [7, 11) is 0. The molecule has 0 rings (SSSR count). The molecule has 0 aliphatic heterocycles. The molecule has 9 heavy (non-hydrogen) atoms. The van der Waals surface area contributed by atoms with Gasteiger partial charge >= 0.3 is 0 Å². The Balaban J connectivity index is 3.40. The first-order valence-electron chi connectivity index (χ1n) is 2.69. The number of amidine groups is 1. The van der Waals surface area contributed by atoms with E-state index in [0.29, 0.717) is 18.9 Å². The first-order chi connectivity index (χ1) is 4.27. The van der Waals surface area contributed by atoms with Gasteiger partial charge in [0.25, 0.3) is 0 Å². The van der Waals surface area contributed by atoms with Crippen molar-refractivity contribution < 1.29 is 0 Å². The van der Waals surface area contributed by atoms with Crippen LogP contribution in [-0.4, -0.2) is 18.9 Å². The Kier molecular flexibility index (Phi) is 4.56. The van der Waals surface area contributed by atoms with Crippen LogP contribution in [0.4, 0.5) is 0 Å². The zero-order valence-electron chi connectivity index (χ0n) is 5.52. The van der Waals surface area contributed by atoms with Gasteiger partial charge in [-0.3, -0.25) is 4.99 Å². The topological polar surface area (TPSA) is 64.4 Å². The van der Waals surface area contributed by atoms with Gasteiger partial charge in [-0.25, -0.2) is 0 Å². The fraction of sp³-hybridized carbons (Fsp3) is 0.500. The highest BCUT2D eigenvalue weighted by Gasteiger charge is 1.72. The Bertz CT molecular complexity index is 145. The predicted octanol–water partition coefficient (Wildman–Crippen LogP) is -0.674. The van der Waals surface area contributed by atoms with Gasteiger partial charge in [0.1, 0.15) is 6.54 Å². The summed E-state index contributed by atoms with van der Waals surface area (Å²) in [5.74, 6) is 5.95. The molecule has 0 fully saturated rings. The zero-order valence-corrected chi connectivity index (χ0v) is 5.52. The van der Waals surface area contributed by atoms with Crippen molar-refractivity contribution in [2.45, 2.75) is 6.92 Å². The Morgan fingerprint density at radius 1 is 1.56 bits per heavy atom. The average Bonchev–Trinajstić information content (AvgIpc) is 1.80. The van der Waals surface area contributed by atoms with Crippen LogP contribution < -0.4 is 11.5 Å². The number of rotatable bonds is 1. The number of hydrogen-bond acceptors (Lipinski definition) is 2. The standard InChI is InChI=1S/C6H11N3/c1-6(8)9-5-3-2-4-7/h4-5,7H2,1H3,(H2,8,9). The van der Waals surface area contributed by atoms with Crippen molar-refractivity contribution in [1.82, 2.24) is 0 Å². The Hall–Kier alpha value is -1.01. The SMILES string of the molecule is CC(N)=NCC#CCN. The second-order valence-electron chi connectivity index (χ2n) is 1.52. The predicted molar refractivity (Wildman–Crippen MR) is 39.0 cm³/mol. The molecule has 0 amide bonds.